The number of hydrogen-bond acceptors (Lipinski definition) is 4. The van der Waals surface area contributed by atoms with Gasteiger partial charge in [0.1, 0.15) is 11.5 Å². The number of carbonyl (C=O) groups excluding carboxylic acids is 2. The molecule has 3 aromatic rings. The summed E-state index contributed by atoms with van der Waals surface area (Å²) in [6.07, 6.45) is -4.97. The summed E-state index contributed by atoms with van der Waals surface area (Å²) in [5, 5.41) is 5.93. The second-order valence-corrected chi connectivity index (χ2v) is 7.31. The van der Waals surface area contributed by atoms with E-state index in [4.69, 9.17) is 4.74 Å². The van der Waals surface area contributed by atoms with Crippen LogP contribution < -0.4 is 15.5 Å². The highest BCUT2D eigenvalue weighted by atomic mass is 19.4. The molecule has 1 heterocycles. The summed E-state index contributed by atoms with van der Waals surface area (Å²) in [6.45, 7) is 1.65. The van der Waals surface area contributed by atoms with E-state index in [0.717, 1.165) is 0 Å². The van der Waals surface area contributed by atoms with Crippen molar-refractivity contribution < 1.29 is 27.5 Å². The summed E-state index contributed by atoms with van der Waals surface area (Å²) >= 11 is 0. The number of amides is 2. The molecule has 0 fully saturated rings. The Kier molecular flexibility index (Phi) is 5.87. The van der Waals surface area contributed by atoms with Crippen LogP contribution in [0.3, 0.4) is 0 Å². The monoisotopic (exact) mass is 453 g/mol. The maximum absolute atomic E-state index is 13.1. The van der Waals surface area contributed by atoms with Gasteiger partial charge in [-0.3, -0.25) is 9.59 Å². The molecule has 4 rings (SSSR count). The van der Waals surface area contributed by atoms with Crippen molar-refractivity contribution in [3.8, 4) is 11.5 Å². The summed E-state index contributed by atoms with van der Waals surface area (Å²) in [6, 6.07) is 20.2. The van der Waals surface area contributed by atoms with Crippen molar-refractivity contribution in [2.75, 3.05) is 5.32 Å². The number of halogens is 3. The summed E-state index contributed by atoms with van der Waals surface area (Å²) in [7, 11) is 0. The number of nitrogens with zero attached hydrogens (tertiary/aromatic N) is 1. The highest BCUT2D eigenvalue weighted by Gasteiger charge is 2.38. The molecule has 0 atom stereocenters. The predicted octanol–water partition coefficient (Wildman–Crippen LogP) is 4.97. The minimum atomic E-state index is -4.97. The van der Waals surface area contributed by atoms with E-state index in [1.54, 1.807) is 24.4 Å². The number of nitrogens with one attached hydrogen (secondary N) is 2. The van der Waals surface area contributed by atoms with Crippen molar-refractivity contribution in [2.45, 2.75) is 19.0 Å². The zero-order valence-electron chi connectivity index (χ0n) is 17.3. The van der Waals surface area contributed by atoms with Gasteiger partial charge in [-0.25, -0.2) is 5.43 Å². The lowest BCUT2D eigenvalue weighted by Crippen LogP contribution is -2.30. The number of para-hydroxylation sites is 2. The van der Waals surface area contributed by atoms with Crippen molar-refractivity contribution in [1.29, 1.82) is 0 Å². The smallest absolute Gasteiger partial charge is 0.457 e. The molecule has 1 aliphatic heterocycles. The number of carbonyl (C=O) groups is 2. The molecule has 0 saturated heterocycles. The van der Waals surface area contributed by atoms with Crippen molar-refractivity contribution in [2.24, 2.45) is 5.10 Å². The predicted molar refractivity (Wildman–Crippen MR) is 116 cm³/mol. The van der Waals surface area contributed by atoms with Crippen LogP contribution in [-0.2, 0) is 9.59 Å². The third-order valence-corrected chi connectivity index (χ3v) is 5.09. The molecule has 168 valence electrons. The average Bonchev–Trinajstić information content (AvgIpc) is 2.80. The van der Waals surface area contributed by atoms with Gasteiger partial charge in [-0.05, 0) is 36.8 Å². The maximum atomic E-state index is 13.1. The topological polar surface area (TPSA) is 79.8 Å². The summed E-state index contributed by atoms with van der Waals surface area (Å²) in [5.41, 5.74) is 5.00. The minimum Gasteiger partial charge on any atom is -0.457 e. The van der Waals surface area contributed by atoms with Crippen LogP contribution >= 0.6 is 0 Å². The van der Waals surface area contributed by atoms with E-state index in [-0.39, 0.29) is 11.6 Å². The molecular weight excluding hydrogens is 435 g/mol. The maximum Gasteiger partial charge on any atom is 0.471 e. The van der Waals surface area contributed by atoms with Gasteiger partial charge in [0.05, 0.1) is 11.6 Å². The Morgan fingerprint density at radius 2 is 1.42 bits per heavy atom. The van der Waals surface area contributed by atoms with Gasteiger partial charge >= 0.3 is 12.1 Å². The minimum absolute atomic E-state index is 0.00618. The first-order chi connectivity index (χ1) is 15.7. The van der Waals surface area contributed by atoms with Crippen molar-refractivity contribution >= 4 is 23.2 Å². The molecule has 2 N–H and O–H groups in total. The van der Waals surface area contributed by atoms with Crippen molar-refractivity contribution in [3.05, 3.63) is 89.5 Å². The van der Waals surface area contributed by atoms with E-state index in [1.165, 1.54) is 24.3 Å². The van der Waals surface area contributed by atoms with Crippen LogP contribution in [0.1, 0.15) is 29.5 Å². The molecule has 2 amide bonds. The van der Waals surface area contributed by atoms with Crippen LogP contribution in [0.4, 0.5) is 18.9 Å². The largest absolute Gasteiger partial charge is 0.471 e. The Balaban J connectivity index is 1.51. The Morgan fingerprint density at radius 1 is 0.879 bits per heavy atom. The van der Waals surface area contributed by atoms with Crippen LogP contribution in [-0.4, -0.2) is 23.7 Å². The van der Waals surface area contributed by atoms with Gasteiger partial charge in [0.15, 0.2) is 0 Å². The molecule has 0 radical (unpaired) electrons. The summed E-state index contributed by atoms with van der Waals surface area (Å²) in [5.74, 6) is -1.85. The SMILES string of the molecule is C/C(=N/NC(=O)C1c2ccccc2Oc2ccccc21)c1ccc(NC(=O)C(F)(F)F)cc1. The van der Waals surface area contributed by atoms with Crippen LogP contribution in [0.15, 0.2) is 77.9 Å². The third-order valence-electron chi connectivity index (χ3n) is 5.09. The van der Waals surface area contributed by atoms with E-state index in [9.17, 15) is 22.8 Å². The molecule has 0 aliphatic carbocycles. The number of fused-ring (bicyclic) bond motifs is 2. The molecular formula is C24H18F3N3O3. The van der Waals surface area contributed by atoms with Gasteiger partial charge in [0.25, 0.3) is 5.91 Å². The van der Waals surface area contributed by atoms with Crippen LogP contribution in [0.2, 0.25) is 0 Å². The van der Waals surface area contributed by atoms with Crippen molar-refractivity contribution in [1.82, 2.24) is 5.43 Å². The fourth-order valence-electron chi connectivity index (χ4n) is 3.46. The molecule has 0 aromatic heterocycles. The lowest BCUT2D eigenvalue weighted by atomic mass is 9.87. The molecule has 0 spiro atoms. The molecule has 6 nitrogen and oxygen atoms in total. The Morgan fingerprint density at radius 3 is 1.97 bits per heavy atom. The molecule has 3 aromatic carbocycles. The first kappa shape index (κ1) is 22.1. The molecule has 33 heavy (non-hydrogen) atoms. The standard InChI is InChI=1S/C24H18F3N3O3/c1-14(15-10-12-16(13-11-15)28-23(32)24(25,26)27)29-30-22(31)21-17-6-2-4-8-19(17)33-20-9-5-3-7-18(20)21/h2-13,21H,1H3,(H,28,32)(H,30,31)/b29-14-. The highest BCUT2D eigenvalue weighted by molar-refractivity contribution is 6.01. The fourth-order valence-corrected chi connectivity index (χ4v) is 3.46. The second-order valence-electron chi connectivity index (χ2n) is 7.31. The number of alkyl halides is 3. The van der Waals surface area contributed by atoms with E-state index >= 15 is 0 Å². The number of ether oxygens (including phenoxy) is 1. The number of hydrazone groups is 1. The van der Waals surface area contributed by atoms with Gasteiger partial charge in [0.2, 0.25) is 0 Å². The zero-order chi connectivity index (χ0) is 23.6. The van der Waals surface area contributed by atoms with Gasteiger partial charge in [-0.15, -0.1) is 0 Å². The molecule has 0 unspecified atom stereocenters. The van der Waals surface area contributed by atoms with E-state index in [0.29, 0.717) is 33.9 Å². The zero-order valence-corrected chi connectivity index (χ0v) is 17.3. The van der Waals surface area contributed by atoms with E-state index < -0.39 is 18.0 Å². The Labute approximate surface area is 187 Å². The lowest BCUT2D eigenvalue weighted by Gasteiger charge is -2.26. The quantitative estimate of drug-likeness (QED) is 0.433. The molecule has 9 heteroatoms. The third kappa shape index (κ3) is 4.72. The number of hydrogen-bond donors (Lipinski definition) is 2. The Hall–Kier alpha value is -4.14. The normalized spacial score (nSPS) is 13.4. The van der Waals surface area contributed by atoms with E-state index in [2.05, 4.69) is 10.5 Å². The van der Waals surface area contributed by atoms with Crippen LogP contribution in [0.25, 0.3) is 0 Å². The first-order valence-electron chi connectivity index (χ1n) is 9.92. The highest BCUT2D eigenvalue weighted by Crippen LogP contribution is 2.43. The number of benzene rings is 3. The Bertz CT molecular complexity index is 1190. The van der Waals surface area contributed by atoms with E-state index in [1.807, 2.05) is 36.4 Å². The first-order valence-corrected chi connectivity index (χ1v) is 9.92. The second kappa shape index (κ2) is 8.78. The van der Waals surface area contributed by atoms with Gasteiger partial charge in [-0.2, -0.15) is 18.3 Å². The van der Waals surface area contributed by atoms with Crippen molar-refractivity contribution in [3.63, 3.8) is 0 Å². The summed E-state index contributed by atoms with van der Waals surface area (Å²) < 4.78 is 43.0. The summed E-state index contributed by atoms with van der Waals surface area (Å²) in [4.78, 5) is 24.1. The average molecular weight is 453 g/mol. The van der Waals surface area contributed by atoms with Crippen LogP contribution in [0, 0.1) is 0 Å². The molecule has 1 aliphatic rings. The van der Waals surface area contributed by atoms with Gasteiger partial charge < -0.3 is 10.1 Å². The van der Waals surface area contributed by atoms with Gasteiger partial charge in [0, 0.05) is 16.8 Å². The van der Waals surface area contributed by atoms with Gasteiger partial charge in [-0.1, -0.05) is 48.5 Å². The molecule has 0 saturated carbocycles. The number of anilines is 1. The lowest BCUT2D eigenvalue weighted by molar-refractivity contribution is -0.167. The van der Waals surface area contributed by atoms with Crippen LogP contribution in [0.5, 0.6) is 11.5 Å². The molecule has 0 bridgehead atoms. The number of rotatable bonds is 4. The fraction of sp³-hybridized carbons (Fsp3) is 0.125.